The van der Waals surface area contributed by atoms with E-state index in [1.165, 1.54) is 12.1 Å². The number of aromatic hydroxyl groups is 1. The fraction of sp³-hybridized carbons (Fsp3) is 0.319. The number of aryl methyl sites for hydroxylation is 1. The number of phenolic OH excluding ortho intramolecular Hbond substituents is 1. The van der Waals surface area contributed by atoms with Crippen molar-refractivity contribution in [2.24, 2.45) is 13.0 Å². The first kappa shape index (κ1) is 42.0. The van der Waals surface area contributed by atoms with Crippen LogP contribution in [0.3, 0.4) is 0 Å². The second-order valence-electron chi connectivity index (χ2n) is 16.0. The van der Waals surface area contributed by atoms with E-state index in [1.807, 2.05) is 72.8 Å². The average Bonchev–Trinajstić information content (AvgIpc) is 3.67. The third kappa shape index (κ3) is 9.15. The van der Waals surface area contributed by atoms with Gasteiger partial charge in [0.05, 0.1) is 36.5 Å². The van der Waals surface area contributed by atoms with E-state index in [2.05, 4.69) is 25.6 Å². The van der Waals surface area contributed by atoms with Crippen LogP contribution in [-0.4, -0.2) is 91.2 Å². The molecule has 6 N–H and O–H groups in total. The summed E-state index contributed by atoms with van der Waals surface area (Å²) < 4.78 is 13.5. The average molecular weight is 842 g/mol. The number of carbonyl (C=O) groups excluding carboxylic acids is 1. The molecule has 0 radical (unpaired) electrons. The molecule has 6 aromatic rings. The van der Waals surface area contributed by atoms with Crippen molar-refractivity contribution in [2.45, 2.75) is 50.7 Å². The highest BCUT2D eigenvalue weighted by molar-refractivity contribution is 5.92. The van der Waals surface area contributed by atoms with Crippen LogP contribution < -0.4 is 25.7 Å². The summed E-state index contributed by atoms with van der Waals surface area (Å²) in [5, 5.41) is 43.0. The molecule has 322 valence electrons. The van der Waals surface area contributed by atoms with Gasteiger partial charge in [-0.25, -0.2) is 4.79 Å². The number of benzene rings is 4. The molecule has 2 aromatic heterocycles. The number of aliphatic hydroxyl groups excluding tert-OH is 1. The van der Waals surface area contributed by atoms with E-state index in [0.717, 1.165) is 54.7 Å². The molecule has 5 heterocycles. The zero-order valence-electron chi connectivity index (χ0n) is 34.7. The molecule has 3 aliphatic rings. The number of aliphatic hydroxyl groups is 1. The zero-order chi connectivity index (χ0) is 43.3. The van der Waals surface area contributed by atoms with Crippen LogP contribution >= 0.6 is 0 Å². The van der Waals surface area contributed by atoms with Gasteiger partial charge in [-0.2, -0.15) is 5.10 Å². The standard InChI is InChI=1S/C47H51N7O8/c1-52-34(28-62-35-10-6-9-32(22-35)45(31-7-4-3-5-8-31)54(47(59)60)39-27-53-19-17-30(39)18-20-53)23-38(51-52)46(58)49-24-29-11-12-33(42(21-29)61-2)25-48-26-41(56)36-13-15-40(55)44-37(36)14-16-43(57)50-44/h3-16,21-23,30,39,41,45,48,55-56H,17-20,24-28H2,1-2H3,(H,49,58)(H,50,57)(H,59,60)/t39?,41?,45-/m0/s1. The molecule has 2 bridgehead atoms. The molecule has 15 nitrogen and oxygen atoms in total. The Balaban J connectivity index is 0.879. The number of hydrogen-bond donors (Lipinski definition) is 6. The Morgan fingerprint density at radius 3 is 2.48 bits per heavy atom. The van der Waals surface area contributed by atoms with Crippen molar-refractivity contribution in [3.05, 3.63) is 153 Å². The first-order valence-corrected chi connectivity index (χ1v) is 20.8. The number of aromatic amines is 1. The summed E-state index contributed by atoms with van der Waals surface area (Å²) in [6.07, 6.45) is 0.135. The monoisotopic (exact) mass is 841 g/mol. The SMILES string of the molecule is COc1cc(CNC(=O)c2cc(COc3cccc([C@H](c4ccccc4)N(C(=O)O)C4CN5CCC4CC5)c3)n(C)n2)ccc1CNCC(O)c1ccc(O)c2[nH]c(=O)ccc12. The largest absolute Gasteiger partial charge is 0.506 e. The Kier molecular flexibility index (Phi) is 12.6. The minimum Gasteiger partial charge on any atom is -0.506 e. The molecule has 0 saturated carbocycles. The van der Waals surface area contributed by atoms with E-state index in [0.29, 0.717) is 40.6 Å². The van der Waals surface area contributed by atoms with Crippen molar-refractivity contribution >= 4 is 22.9 Å². The van der Waals surface area contributed by atoms with Crippen LogP contribution in [0.1, 0.15) is 69.0 Å². The lowest BCUT2D eigenvalue weighted by molar-refractivity contribution is -0.000815. The number of nitrogens with zero attached hydrogens (tertiary/aromatic N) is 4. The van der Waals surface area contributed by atoms with Gasteiger partial charge in [-0.05, 0) is 90.5 Å². The highest BCUT2D eigenvalue weighted by Crippen LogP contribution is 2.39. The maximum absolute atomic E-state index is 13.3. The number of methoxy groups -OCH3 is 1. The van der Waals surface area contributed by atoms with Gasteiger partial charge >= 0.3 is 6.09 Å². The van der Waals surface area contributed by atoms with Crippen LogP contribution in [0.4, 0.5) is 4.79 Å². The van der Waals surface area contributed by atoms with E-state index in [9.17, 15) is 29.7 Å². The van der Waals surface area contributed by atoms with Gasteiger partial charge in [0, 0.05) is 50.2 Å². The number of H-pyrrole nitrogens is 1. The molecule has 3 fully saturated rings. The smallest absolute Gasteiger partial charge is 0.408 e. The van der Waals surface area contributed by atoms with Crippen LogP contribution in [0, 0.1) is 5.92 Å². The van der Waals surface area contributed by atoms with E-state index in [4.69, 9.17) is 9.47 Å². The molecule has 9 rings (SSSR count). The van der Waals surface area contributed by atoms with Crippen LogP contribution in [0.15, 0.2) is 108 Å². The van der Waals surface area contributed by atoms with Gasteiger partial charge in [0.25, 0.3) is 5.91 Å². The number of carbonyl (C=O) groups is 2. The number of fused-ring (bicyclic) bond motifs is 4. The summed E-state index contributed by atoms with van der Waals surface area (Å²) in [6, 6.07) is 30.0. The molecule has 62 heavy (non-hydrogen) atoms. The minimum absolute atomic E-state index is 0.0727. The molecule has 0 aliphatic carbocycles. The number of phenols is 1. The fourth-order valence-electron chi connectivity index (χ4n) is 8.85. The Labute approximate surface area is 358 Å². The minimum atomic E-state index is -0.940. The first-order valence-electron chi connectivity index (χ1n) is 20.8. The quantitative estimate of drug-likeness (QED) is 0.0724. The number of amides is 2. The molecular weight excluding hydrogens is 791 g/mol. The molecule has 3 atom stereocenters. The van der Waals surface area contributed by atoms with Crippen molar-refractivity contribution in [2.75, 3.05) is 33.3 Å². The van der Waals surface area contributed by atoms with Crippen molar-refractivity contribution in [3.8, 4) is 17.2 Å². The van der Waals surface area contributed by atoms with Gasteiger partial charge in [0.2, 0.25) is 5.56 Å². The van der Waals surface area contributed by atoms with Crippen molar-refractivity contribution < 1.29 is 34.4 Å². The molecule has 2 unspecified atom stereocenters. The van der Waals surface area contributed by atoms with E-state index < -0.39 is 18.2 Å². The molecule has 15 heteroatoms. The van der Waals surface area contributed by atoms with Crippen LogP contribution in [0.25, 0.3) is 10.9 Å². The second-order valence-corrected chi connectivity index (χ2v) is 16.0. The number of hydrogen-bond acceptors (Lipinski definition) is 10. The Morgan fingerprint density at radius 1 is 0.952 bits per heavy atom. The summed E-state index contributed by atoms with van der Waals surface area (Å²) in [6.45, 7) is 3.70. The van der Waals surface area contributed by atoms with Crippen LogP contribution in [-0.2, 0) is 26.7 Å². The van der Waals surface area contributed by atoms with E-state index in [-0.39, 0.29) is 54.2 Å². The maximum atomic E-state index is 13.3. The predicted molar refractivity (Wildman–Crippen MR) is 232 cm³/mol. The molecular formula is C47H51N7O8. The number of piperidine rings is 3. The van der Waals surface area contributed by atoms with Crippen LogP contribution in [0.2, 0.25) is 0 Å². The van der Waals surface area contributed by atoms with Gasteiger partial charge in [-0.1, -0.05) is 60.7 Å². The Bertz CT molecular complexity index is 2610. The molecule has 2 amide bonds. The number of carboxylic acid groups (broad SMARTS) is 1. The van der Waals surface area contributed by atoms with Gasteiger partial charge in [-0.15, -0.1) is 0 Å². The van der Waals surface area contributed by atoms with Crippen molar-refractivity contribution in [1.29, 1.82) is 0 Å². The van der Waals surface area contributed by atoms with E-state index in [1.54, 1.807) is 41.9 Å². The summed E-state index contributed by atoms with van der Waals surface area (Å²) in [7, 11) is 3.32. The molecule has 3 saturated heterocycles. The summed E-state index contributed by atoms with van der Waals surface area (Å²) in [5.41, 5.74) is 4.77. The lowest BCUT2D eigenvalue weighted by Crippen LogP contribution is -2.59. The number of rotatable bonds is 16. The number of nitrogens with one attached hydrogen (secondary N) is 3. The summed E-state index contributed by atoms with van der Waals surface area (Å²) in [4.78, 5) is 44.8. The third-order valence-corrected chi connectivity index (χ3v) is 12.1. The summed E-state index contributed by atoms with van der Waals surface area (Å²) in [5.74, 6) is 1.07. The van der Waals surface area contributed by atoms with Crippen molar-refractivity contribution in [3.63, 3.8) is 0 Å². The predicted octanol–water partition coefficient (Wildman–Crippen LogP) is 5.47. The van der Waals surface area contributed by atoms with Gasteiger partial charge in [0.1, 0.15) is 23.9 Å². The zero-order valence-corrected chi connectivity index (χ0v) is 34.7. The van der Waals surface area contributed by atoms with Crippen LogP contribution in [0.5, 0.6) is 17.2 Å². The molecule has 3 aliphatic heterocycles. The lowest BCUT2D eigenvalue weighted by Gasteiger charge is -2.50. The second kappa shape index (κ2) is 18.5. The number of pyridine rings is 1. The third-order valence-electron chi connectivity index (χ3n) is 12.1. The van der Waals surface area contributed by atoms with E-state index >= 15 is 0 Å². The Morgan fingerprint density at radius 2 is 1.74 bits per heavy atom. The number of aromatic nitrogens is 3. The highest BCUT2D eigenvalue weighted by Gasteiger charge is 2.43. The Hall–Kier alpha value is -6.68. The topological polar surface area (TPSA) is 195 Å². The first-order chi connectivity index (χ1) is 30.1. The normalized spacial score (nSPS) is 18.0. The maximum Gasteiger partial charge on any atom is 0.408 e. The summed E-state index contributed by atoms with van der Waals surface area (Å²) >= 11 is 0. The van der Waals surface area contributed by atoms with Gasteiger partial charge < -0.3 is 45.3 Å². The number of ether oxygens (including phenoxy) is 2. The lowest BCUT2D eigenvalue weighted by atomic mass is 9.81. The molecule has 0 spiro atoms. The van der Waals surface area contributed by atoms with Gasteiger partial charge in [-0.3, -0.25) is 19.2 Å². The fourth-order valence-corrected chi connectivity index (χ4v) is 8.85. The molecule has 4 aromatic carbocycles. The van der Waals surface area contributed by atoms with Crippen molar-refractivity contribution in [1.82, 2.24) is 35.2 Å². The van der Waals surface area contributed by atoms with Gasteiger partial charge in [0.15, 0.2) is 5.69 Å². The highest BCUT2D eigenvalue weighted by atomic mass is 16.5.